The van der Waals surface area contributed by atoms with Gasteiger partial charge < -0.3 is 14.9 Å². The largest absolute Gasteiger partial charge is 0.482 e. The molecule has 7 heteroatoms. The van der Waals surface area contributed by atoms with Gasteiger partial charge in [0.25, 0.3) is 0 Å². The van der Waals surface area contributed by atoms with E-state index in [-0.39, 0.29) is 12.0 Å². The summed E-state index contributed by atoms with van der Waals surface area (Å²) in [4.78, 5) is 21.2. The molecule has 0 aromatic heterocycles. The zero-order valence-corrected chi connectivity index (χ0v) is 10.7. The van der Waals surface area contributed by atoms with Crippen molar-refractivity contribution in [2.45, 2.75) is 11.4 Å². The Hall–Kier alpha value is -1.73. The van der Waals surface area contributed by atoms with Crippen molar-refractivity contribution in [3.63, 3.8) is 0 Å². The molecule has 19 heavy (non-hydrogen) atoms. The van der Waals surface area contributed by atoms with Crippen molar-refractivity contribution in [1.82, 2.24) is 5.32 Å². The highest BCUT2D eigenvalue weighted by Gasteiger charge is 2.30. The third kappa shape index (κ3) is 3.62. The van der Waals surface area contributed by atoms with E-state index < -0.39 is 18.0 Å². The van der Waals surface area contributed by atoms with Gasteiger partial charge in [-0.1, -0.05) is 12.1 Å². The Morgan fingerprint density at radius 2 is 2.00 bits per heavy atom. The monoisotopic (exact) mass is 283 g/mol. The van der Waals surface area contributed by atoms with Crippen LogP contribution in [-0.2, 0) is 9.59 Å². The summed E-state index contributed by atoms with van der Waals surface area (Å²) in [5, 5.41) is 20.3. The minimum atomic E-state index is -1.03. The van der Waals surface area contributed by atoms with Gasteiger partial charge in [-0.05, 0) is 17.7 Å². The van der Waals surface area contributed by atoms with Crippen LogP contribution in [0.3, 0.4) is 0 Å². The molecule has 102 valence electrons. The summed E-state index contributed by atoms with van der Waals surface area (Å²) < 4.78 is 5.02. The molecule has 1 aromatic carbocycles. The molecule has 1 aliphatic rings. The molecule has 0 unspecified atom stereocenters. The normalized spacial score (nSPS) is 22.1. The minimum Gasteiger partial charge on any atom is -0.482 e. The Kier molecular flexibility index (Phi) is 4.28. The summed E-state index contributed by atoms with van der Waals surface area (Å²) in [6.45, 7) is -0.378. The number of carboxylic acids is 2. The smallest absolute Gasteiger partial charge is 0.341 e. The standard InChI is InChI=1S/C12H13NO5S/c14-10(15)5-18-8-3-1-7(2-4-8)11-13-9(6-19-11)12(16)17/h1-4,9,11,13H,5-6H2,(H,14,15)(H,16,17)/t9-,11+/m0/s1. The van der Waals surface area contributed by atoms with Gasteiger partial charge in [-0.25, -0.2) is 4.79 Å². The van der Waals surface area contributed by atoms with Crippen molar-refractivity contribution in [2.24, 2.45) is 0 Å². The lowest BCUT2D eigenvalue weighted by Gasteiger charge is -2.12. The number of thioether (sulfide) groups is 1. The van der Waals surface area contributed by atoms with Crippen LogP contribution in [0.25, 0.3) is 0 Å². The average molecular weight is 283 g/mol. The third-order valence-electron chi connectivity index (χ3n) is 2.63. The first-order chi connectivity index (χ1) is 9.06. The fourth-order valence-electron chi connectivity index (χ4n) is 1.69. The van der Waals surface area contributed by atoms with E-state index in [1.807, 2.05) is 0 Å². The number of benzene rings is 1. The van der Waals surface area contributed by atoms with Crippen LogP contribution in [0.5, 0.6) is 5.75 Å². The van der Waals surface area contributed by atoms with E-state index in [1.54, 1.807) is 24.3 Å². The number of hydrogen-bond acceptors (Lipinski definition) is 5. The molecule has 1 aromatic rings. The Morgan fingerprint density at radius 1 is 1.32 bits per heavy atom. The molecule has 0 bridgehead atoms. The number of carboxylic acid groups (broad SMARTS) is 2. The van der Waals surface area contributed by atoms with Gasteiger partial charge >= 0.3 is 11.9 Å². The lowest BCUT2D eigenvalue weighted by molar-refractivity contribution is -0.140. The predicted octanol–water partition coefficient (Wildman–Crippen LogP) is 0.938. The second-order valence-electron chi connectivity index (χ2n) is 4.02. The summed E-state index contributed by atoms with van der Waals surface area (Å²) in [6, 6.07) is 6.42. The van der Waals surface area contributed by atoms with Gasteiger partial charge in [0, 0.05) is 5.75 Å². The molecule has 6 nitrogen and oxygen atoms in total. The fourth-order valence-corrected chi connectivity index (χ4v) is 2.92. The molecule has 1 heterocycles. The minimum absolute atomic E-state index is 0.0605. The quantitative estimate of drug-likeness (QED) is 0.740. The lowest BCUT2D eigenvalue weighted by atomic mass is 10.2. The molecule has 1 aliphatic heterocycles. The molecule has 0 amide bonds. The van der Waals surface area contributed by atoms with Crippen molar-refractivity contribution in [1.29, 1.82) is 0 Å². The molecular weight excluding hydrogens is 270 g/mol. The molecule has 0 saturated carbocycles. The van der Waals surface area contributed by atoms with Crippen LogP contribution in [0, 0.1) is 0 Å². The summed E-state index contributed by atoms with van der Waals surface area (Å²) in [5.41, 5.74) is 0.941. The molecular formula is C12H13NO5S. The van der Waals surface area contributed by atoms with Gasteiger partial charge in [0.2, 0.25) is 0 Å². The highest BCUT2D eigenvalue weighted by atomic mass is 32.2. The fraction of sp³-hybridized carbons (Fsp3) is 0.333. The first kappa shape index (κ1) is 13.7. The summed E-state index contributed by atoms with van der Waals surface area (Å²) in [7, 11) is 0. The highest BCUT2D eigenvalue weighted by molar-refractivity contribution is 7.99. The third-order valence-corrected chi connectivity index (χ3v) is 3.89. The molecule has 1 saturated heterocycles. The van der Waals surface area contributed by atoms with Gasteiger partial charge in [-0.15, -0.1) is 11.8 Å². The summed E-state index contributed by atoms with van der Waals surface area (Å²) >= 11 is 1.53. The van der Waals surface area contributed by atoms with E-state index in [4.69, 9.17) is 14.9 Å². The van der Waals surface area contributed by atoms with E-state index in [2.05, 4.69) is 5.32 Å². The van der Waals surface area contributed by atoms with Crippen LogP contribution in [0.15, 0.2) is 24.3 Å². The molecule has 2 atom stereocenters. The van der Waals surface area contributed by atoms with Gasteiger partial charge in [-0.3, -0.25) is 10.1 Å². The number of carbonyl (C=O) groups is 2. The van der Waals surface area contributed by atoms with Gasteiger partial charge in [-0.2, -0.15) is 0 Å². The van der Waals surface area contributed by atoms with Gasteiger partial charge in [0.15, 0.2) is 6.61 Å². The van der Waals surface area contributed by atoms with Crippen molar-refractivity contribution >= 4 is 23.7 Å². The number of aliphatic carboxylic acids is 2. The topological polar surface area (TPSA) is 95.9 Å². The van der Waals surface area contributed by atoms with E-state index in [0.29, 0.717) is 11.5 Å². The summed E-state index contributed by atoms with van der Waals surface area (Å²) in [6.07, 6.45) is 0. The predicted molar refractivity (Wildman–Crippen MR) is 69.3 cm³/mol. The zero-order chi connectivity index (χ0) is 13.8. The Morgan fingerprint density at radius 3 is 2.53 bits per heavy atom. The van der Waals surface area contributed by atoms with Crippen LogP contribution < -0.4 is 10.1 Å². The molecule has 0 spiro atoms. The number of hydrogen-bond donors (Lipinski definition) is 3. The van der Waals surface area contributed by atoms with Crippen LogP contribution >= 0.6 is 11.8 Å². The van der Waals surface area contributed by atoms with Gasteiger partial charge in [0.1, 0.15) is 11.8 Å². The van der Waals surface area contributed by atoms with E-state index in [1.165, 1.54) is 11.8 Å². The van der Waals surface area contributed by atoms with E-state index >= 15 is 0 Å². The molecule has 2 rings (SSSR count). The Labute approximate surface area is 113 Å². The molecule has 3 N–H and O–H groups in total. The molecule has 0 aliphatic carbocycles. The molecule has 0 radical (unpaired) electrons. The second kappa shape index (κ2) is 5.94. The second-order valence-corrected chi connectivity index (χ2v) is 5.16. The van der Waals surface area contributed by atoms with Gasteiger partial charge in [0.05, 0.1) is 5.37 Å². The van der Waals surface area contributed by atoms with Crippen molar-refractivity contribution in [3.05, 3.63) is 29.8 Å². The van der Waals surface area contributed by atoms with Crippen LogP contribution in [0.2, 0.25) is 0 Å². The van der Waals surface area contributed by atoms with Crippen molar-refractivity contribution in [2.75, 3.05) is 12.4 Å². The lowest BCUT2D eigenvalue weighted by Crippen LogP contribution is -2.33. The first-order valence-electron chi connectivity index (χ1n) is 5.61. The maximum Gasteiger partial charge on any atom is 0.341 e. The Balaban J connectivity index is 1.95. The van der Waals surface area contributed by atoms with E-state index in [0.717, 1.165) is 5.56 Å². The maximum absolute atomic E-state index is 10.8. The van der Waals surface area contributed by atoms with Crippen molar-refractivity contribution in [3.8, 4) is 5.75 Å². The van der Waals surface area contributed by atoms with Crippen molar-refractivity contribution < 1.29 is 24.5 Å². The number of rotatable bonds is 5. The first-order valence-corrected chi connectivity index (χ1v) is 6.66. The zero-order valence-electron chi connectivity index (χ0n) is 9.91. The highest BCUT2D eigenvalue weighted by Crippen LogP contribution is 2.33. The number of nitrogens with one attached hydrogen (secondary N) is 1. The molecule has 1 fully saturated rings. The van der Waals surface area contributed by atoms with Crippen LogP contribution in [-0.4, -0.2) is 40.6 Å². The van der Waals surface area contributed by atoms with Crippen LogP contribution in [0.4, 0.5) is 0 Å². The maximum atomic E-state index is 10.8. The average Bonchev–Trinajstić information content (AvgIpc) is 2.86. The number of ether oxygens (including phenoxy) is 1. The SMILES string of the molecule is O=C(O)COc1ccc([C@@H]2N[C@H](C(=O)O)CS2)cc1. The Bertz CT molecular complexity index is 476. The van der Waals surface area contributed by atoms with E-state index in [9.17, 15) is 9.59 Å². The van der Waals surface area contributed by atoms with Crippen LogP contribution in [0.1, 0.15) is 10.9 Å². The summed E-state index contributed by atoms with van der Waals surface area (Å²) in [5.74, 6) is -0.876.